The SMILES string of the molecule is O=C(O)C(F)(F)F.O=C(O)C1CCCNC1. The highest BCUT2D eigenvalue weighted by atomic mass is 19.4. The van der Waals surface area contributed by atoms with Gasteiger partial charge in [0.25, 0.3) is 0 Å². The first-order valence-electron chi connectivity index (χ1n) is 4.48. The van der Waals surface area contributed by atoms with Crippen molar-refractivity contribution in [3.8, 4) is 0 Å². The zero-order chi connectivity index (χ0) is 12.8. The van der Waals surface area contributed by atoms with E-state index < -0.39 is 18.1 Å². The largest absolute Gasteiger partial charge is 0.490 e. The Morgan fingerprint density at radius 2 is 1.75 bits per heavy atom. The first-order valence-corrected chi connectivity index (χ1v) is 4.48. The van der Waals surface area contributed by atoms with E-state index in [4.69, 9.17) is 15.0 Å². The molecule has 0 aromatic carbocycles. The van der Waals surface area contributed by atoms with Crippen LogP contribution in [0.3, 0.4) is 0 Å². The van der Waals surface area contributed by atoms with Gasteiger partial charge in [-0.15, -0.1) is 0 Å². The third-order valence-electron chi connectivity index (χ3n) is 1.89. The van der Waals surface area contributed by atoms with Gasteiger partial charge in [0.05, 0.1) is 5.92 Å². The predicted octanol–water partition coefficient (Wildman–Crippen LogP) is 0.704. The molecule has 1 fully saturated rings. The van der Waals surface area contributed by atoms with Crippen molar-refractivity contribution in [2.45, 2.75) is 19.0 Å². The van der Waals surface area contributed by atoms with Crippen molar-refractivity contribution in [1.82, 2.24) is 5.32 Å². The van der Waals surface area contributed by atoms with Gasteiger partial charge in [-0.1, -0.05) is 0 Å². The van der Waals surface area contributed by atoms with Crippen LogP contribution in [-0.2, 0) is 9.59 Å². The zero-order valence-electron chi connectivity index (χ0n) is 8.25. The van der Waals surface area contributed by atoms with Crippen molar-refractivity contribution in [3.05, 3.63) is 0 Å². The Hall–Kier alpha value is -1.31. The van der Waals surface area contributed by atoms with E-state index in [-0.39, 0.29) is 5.92 Å². The second-order valence-electron chi connectivity index (χ2n) is 3.18. The van der Waals surface area contributed by atoms with E-state index in [1.165, 1.54) is 0 Å². The van der Waals surface area contributed by atoms with Gasteiger partial charge in [-0.05, 0) is 19.4 Å². The van der Waals surface area contributed by atoms with Crippen LogP contribution < -0.4 is 5.32 Å². The number of hydrogen-bond donors (Lipinski definition) is 3. The number of piperidine rings is 1. The molecule has 3 N–H and O–H groups in total. The molecule has 0 amide bonds. The lowest BCUT2D eigenvalue weighted by Gasteiger charge is -2.18. The normalized spacial score (nSPS) is 20.6. The summed E-state index contributed by atoms with van der Waals surface area (Å²) in [6.45, 7) is 1.62. The van der Waals surface area contributed by atoms with Gasteiger partial charge >= 0.3 is 18.1 Å². The molecule has 5 nitrogen and oxygen atoms in total. The summed E-state index contributed by atoms with van der Waals surface area (Å²) in [6.07, 6.45) is -3.25. The minimum absolute atomic E-state index is 0.140. The fourth-order valence-electron chi connectivity index (χ4n) is 1.06. The number of hydrogen-bond acceptors (Lipinski definition) is 3. The molecule has 0 aromatic rings. The number of nitrogens with one attached hydrogen (secondary N) is 1. The van der Waals surface area contributed by atoms with E-state index >= 15 is 0 Å². The average Bonchev–Trinajstić information content (AvgIpc) is 2.18. The predicted molar refractivity (Wildman–Crippen MR) is 46.9 cm³/mol. The Labute approximate surface area is 89.3 Å². The first kappa shape index (κ1) is 14.7. The van der Waals surface area contributed by atoms with Crippen LogP contribution in [-0.4, -0.2) is 41.4 Å². The number of carboxylic acids is 2. The topological polar surface area (TPSA) is 86.6 Å². The zero-order valence-corrected chi connectivity index (χ0v) is 8.25. The van der Waals surface area contributed by atoms with Gasteiger partial charge < -0.3 is 15.5 Å². The molecule has 1 saturated heterocycles. The van der Waals surface area contributed by atoms with Crippen LogP contribution in [0.1, 0.15) is 12.8 Å². The van der Waals surface area contributed by atoms with Crippen molar-refractivity contribution in [1.29, 1.82) is 0 Å². The van der Waals surface area contributed by atoms with Gasteiger partial charge in [-0.2, -0.15) is 13.2 Å². The Balaban J connectivity index is 0.000000293. The summed E-state index contributed by atoms with van der Waals surface area (Å²) >= 11 is 0. The number of rotatable bonds is 1. The average molecular weight is 243 g/mol. The molecule has 8 heteroatoms. The molecule has 1 heterocycles. The van der Waals surface area contributed by atoms with Crippen molar-refractivity contribution in [3.63, 3.8) is 0 Å². The van der Waals surface area contributed by atoms with Crippen molar-refractivity contribution in [2.24, 2.45) is 5.92 Å². The molecule has 16 heavy (non-hydrogen) atoms. The molecule has 0 aromatic heterocycles. The van der Waals surface area contributed by atoms with E-state index in [2.05, 4.69) is 5.32 Å². The van der Waals surface area contributed by atoms with Crippen LogP contribution in [0.4, 0.5) is 13.2 Å². The minimum atomic E-state index is -5.08. The van der Waals surface area contributed by atoms with Gasteiger partial charge in [0.2, 0.25) is 0 Å². The van der Waals surface area contributed by atoms with E-state index in [0.29, 0.717) is 6.54 Å². The molecule has 94 valence electrons. The molecule has 0 aliphatic carbocycles. The second-order valence-corrected chi connectivity index (χ2v) is 3.18. The minimum Gasteiger partial charge on any atom is -0.481 e. The van der Waals surface area contributed by atoms with Crippen molar-refractivity contribution < 1.29 is 33.0 Å². The lowest BCUT2D eigenvalue weighted by molar-refractivity contribution is -0.192. The van der Waals surface area contributed by atoms with Gasteiger partial charge in [0, 0.05) is 6.54 Å². The molecular formula is C8H12F3NO4. The van der Waals surface area contributed by atoms with Crippen molar-refractivity contribution >= 4 is 11.9 Å². The smallest absolute Gasteiger partial charge is 0.481 e. The molecule has 1 rings (SSSR count). The summed E-state index contributed by atoms with van der Waals surface area (Å²) in [7, 11) is 0. The fraction of sp³-hybridized carbons (Fsp3) is 0.750. The van der Waals surface area contributed by atoms with Crippen LogP contribution in [0.25, 0.3) is 0 Å². The first-order chi connectivity index (χ1) is 7.25. The third-order valence-corrected chi connectivity index (χ3v) is 1.89. The second kappa shape index (κ2) is 6.31. The van der Waals surface area contributed by atoms with E-state index in [1.54, 1.807) is 0 Å². The number of halogens is 3. The third kappa shape index (κ3) is 6.23. The highest BCUT2D eigenvalue weighted by Crippen LogP contribution is 2.13. The molecule has 0 saturated carbocycles. The molecular weight excluding hydrogens is 231 g/mol. The van der Waals surface area contributed by atoms with Gasteiger partial charge in [0.1, 0.15) is 0 Å². The summed E-state index contributed by atoms with van der Waals surface area (Å²) in [4.78, 5) is 19.2. The lowest BCUT2D eigenvalue weighted by Crippen LogP contribution is -2.34. The van der Waals surface area contributed by atoms with E-state index in [9.17, 15) is 18.0 Å². The molecule has 1 atom stereocenters. The lowest BCUT2D eigenvalue weighted by atomic mass is 10.0. The van der Waals surface area contributed by atoms with E-state index in [0.717, 1.165) is 19.4 Å². The van der Waals surface area contributed by atoms with Gasteiger partial charge in [-0.25, -0.2) is 4.79 Å². The number of alkyl halides is 3. The van der Waals surface area contributed by atoms with Crippen LogP contribution >= 0.6 is 0 Å². The fourth-order valence-corrected chi connectivity index (χ4v) is 1.06. The summed E-state index contributed by atoms with van der Waals surface area (Å²) in [5.41, 5.74) is 0. The Bertz CT molecular complexity index is 248. The van der Waals surface area contributed by atoms with Crippen LogP contribution in [0.15, 0.2) is 0 Å². The number of aliphatic carboxylic acids is 2. The molecule has 0 radical (unpaired) electrons. The van der Waals surface area contributed by atoms with Crippen LogP contribution in [0.5, 0.6) is 0 Å². The quantitative estimate of drug-likeness (QED) is 0.631. The summed E-state index contributed by atoms with van der Waals surface area (Å²) in [5, 5.41) is 18.7. The van der Waals surface area contributed by atoms with Gasteiger partial charge in [0.15, 0.2) is 0 Å². The Morgan fingerprint density at radius 3 is 1.94 bits per heavy atom. The monoisotopic (exact) mass is 243 g/mol. The van der Waals surface area contributed by atoms with Crippen LogP contribution in [0.2, 0.25) is 0 Å². The maximum absolute atomic E-state index is 10.6. The highest BCUT2D eigenvalue weighted by molar-refractivity contribution is 5.73. The van der Waals surface area contributed by atoms with Gasteiger partial charge in [-0.3, -0.25) is 4.79 Å². The summed E-state index contributed by atoms with van der Waals surface area (Å²) < 4.78 is 31.7. The molecule has 1 aliphatic heterocycles. The highest BCUT2D eigenvalue weighted by Gasteiger charge is 2.38. The molecule has 0 bridgehead atoms. The molecule has 1 aliphatic rings. The summed E-state index contributed by atoms with van der Waals surface area (Å²) in [5.74, 6) is -3.56. The Morgan fingerprint density at radius 1 is 1.25 bits per heavy atom. The summed E-state index contributed by atoms with van der Waals surface area (Å²) in [6, 6.07) is 0. The van der Waals surface area contributed by atoms with Crippen LogP contribution in [0, 0.1) is 5.92 Å². The standard InChI is InChI=1S/C6H11NO2.C2HF3O2/c8-6(9)5-2-1-3-7-4-5;3-2(4,5)1(6)7/h5,7H,1-4H2,(H,8,9);(H,6,7). The maximum atomic E-state index is 10.6. The van der Waals surface area contributed by atoms with E-state index in [1.807, 2.05) is 0 Å². The number of carboxylic acid groups (broad SMARTS) is 2. The maximum Gasteiger partial charge on any atom is 0.490 e. The Kier molecular flexibility index (Phi) is 5.79. The number of carbonyl (C=O) groups is 2. The molecule has 1 unspecified atom stereocenters. The molecule has 0 spiro atoms. The van der Waals surface area contributed by atoms with Crippen molar-refractivity contribution in [2.75, 3.05) is 13.1 Å².